The van der Waals surface area contributed by atoms with Crippen molar-refractivity contribution in [3.05, 3.63) is 0 Å². The lowest BCUT2D eigenvalue weighted by Crippen LogP contribution is -2.37. The first-order valence-electron chi connectivity index (χ1n) is 4.10. The molecular formula is C8H11NO2. The third-order valence-corrected chi connectivity index (χ3v) is 2.54. The van der Waals surface area contributed by atoms with Gasteiger partial charge in [0.2, 0.25) is 11.6 Å². The molecule has 0 aromatic carbocycles. The van der Waals surface area contributed by atoms with Crippen LogP contribution in [0, 0.1) is 0 Å². The van der Waals surface area contributed by atoms with Gasteiger partial charge >= 0.3 is 0 Å². The van der Waals surface area contributed by atoms with Crippen LogP contribution in [-0.2, 0) is 9.59 Å². The topological polar surface area (TPSA) is 37.4 Å². The van der Waals surface area contributed by atoms with Crippen LogP contribution in [0.4, 0.5) is 0 Å². The summed E-state index contributed by atoms with van der Waals surface area (Å²) >= 11 is 0. The van der Waals surface area contributed by atoms with E-state index in [-0.39, 0.29) is 17.6 Å². The molecule has 0 aromatic rings. The molecule has 2 aliphatic rings. The van der Waals surface area contributed by atoms with Crippen molar-refractivity contribution in [1.29, 1.82) is 0 Å². The maximum Gasteiger partial charge on any atom is 0.216 e. The number of piperidine rings is 1. The average molecular weight is 153 g/mol. The fourth-order valence-corrected chi connectivity index (χ4v) is 1.93. The second-order valence-corrected chi connectivity index (χ2v) is 3.27. The number of nitrogens with zero attached hydrogens (tertiary/aromatic N) is 1. The molecule has 1 atom stereocenters. The molecule has 0 radical (unpaired) electrons. The molecule has 3 heteroatoms. The molecule has 0 saturated carbocycles. The minimum absolute atomic E-state index is 0.0451. The van der Waals surface area contributed by atoms with Crippen molar-refractivity contribution < 1.29 is 9.59 Å². The van der Waals surface area contributed by atoms with Crippen LogP contribution in [0.5, 0.6) is 0 Å². The van der Waals surface area contributed by atoms with E-state index in [9.17, 15) is 9.59 Å². The summed E-state index contributed by atoms with van der Waals surface area (Å²) < 4.78 is 0. The van der Waals surface area contributed by atoms with Crippen molar-refractivity contribution in [2.45, 2.75) is 25.3 Å². The van der Waals surface area contributed by atoms with E-state index in [4.69, 9.17) is 0 Å². The maximum atomic E-state index is 11.1. The lowest BCUT2D eigenvalue weighted by Gasteiger charge is -2.26. The summed E-state index contributed by atoms with van der Waals surface area (Å²) in [5, 5.41) is 0. The second-order valence-electron chi connectivity index (χ2n) is 3.27. The van der Waals surface area contributed by atoms with Crippen LogP contribution in [0.2, 0.25) is 0 Å². The van der Waals surface area contributed by atoms with E-state index in [0.717, 1.165) is 25.8 Å². The number of carbonyl (C=O) groups is 2. The molecule has 0 amide bonds. The van der Waals surface area contributed by atoms with Crippen LogP contribution in [0.1, 0.15) is 19.3 Å². The molecule has 2 heterocycles. The smallest absolute Gasteiger partial charge is 0.216 e. The summed E-state index contributed by atoms with van der Waals surface area (Å²) in [6.45, 7) is 1.31. The summed E-state index contributed by atoms with van der Waals surface area (Å²) in [5.74, 6) is -0.332. The second kappa shape index (κ2) is 2.41. The molecule has 0 bridgehead atoms. The molecule has 2 aliphatic heterocycles. The molecule has 0 spiro atoms. The molecule has 0 N–H and O–H groups in total. The Morgan fingerprint density at radius 2 is 2.09 bits per heavy atom. The summed E-state index contributed by atoms with van der Waals surface area (Å²) in [4.78, 5) is 24.1. The third-order valence-electron chi connectivity index (χ3n) is 2.54. The van der Waals surface area contributed by atoms with Gasteiger partial charge in [-0.2, -0.15) is 0 Å². The van der Waals surface area contributed by atoms with Crippen molar-refractivity contribution in [2.24, 2.45) is 0 Å². The van der Waals surface area contributed by atoms with Gasteiger partial charge in [0.1, 0.15) is 0 Å². The molecule has 60 valence electrons. The van der Waals surface area contributed by atoms with Crippen molar-refractivity contribution in [3.8, 4) is 0 Å². The number of fused-ring (bicyclic) bond motifs is 1. The molecule has 11 heavy (non-hydrogen) atoms. The minimum Gasteiger partial charge on any atom is -0.289 e. The molecule has 2 rings (SSSR count). The first-order chi connectivity index (χ1) is 5.29. The normalized spacial score (nSPS) is 32.5. The SMILES string of the molecule is O=C1CN2CCCCC2C1=O. The van der Waals surface area contributed by atoms with Crippen molar-refractivity contribution in [2.75, 3.05) is 13.1 Å². The molecule has 0 aliphatic carbocycles. The summed E-state index contributed by atoms with van der Waals surface area (Å²) in [6, 6.07) is -0.0451. The molecule has 2 fully saturated rings. The van der Waals surface area contributed by atoms with Gasteiger partial charge in [-0.05, 0) is 19.4 Å². The first-order valence-corrected chi connectivity index (χ1v) is 4.10. The highest BCUT2D eigenvalue weighted by Crippen LogP contribution is 2.22. The summed E-state index contributed by atoms with van der Waals surface area (Å²) in [7, 11) is 0. The average Bonchev–Trinajstić information content (AvgIpc) is 2.30. The fourth-order valence-electron chi connectivity index (χ4n) is 1.93. The van der Waals surface area contributed by atoms with Gasteiger partial charge in [0, 0.05) is 0 Å². The van der Waals surface area contributed by atoms with Crippen LogP contribution in [0.3, 0.4) is 0 Å². The highest BCUT2D eigenvalue weighted by molar-refractivity contribution is 6.41. The predicted octanol–water partition coefficient (Wildman–Crippen LogP) is -0.00730. The molecule has 0 aromatic heterocycles. The standard InChI is InChI=1S/C8H11NO2/c10-7-5-9-4-2-1-3-6(9)8(7)11/h6H,1-5H2. The number of hydrogen-bond acceptors (Lipinski definition) is 3. The Morgan fingerprint density at radius 1 is 1.27 bits per heavy atom. The summed E-state index contributed by atoms with van der Waals surface area (Å²) in [6.07, 6.45) is 3.13. The number of rotatable bonds is 0. The Kier molecular flexibility index (Phi) is 1.53. The van der Waals surface area contributed by atoms with Gasteiger partial charge in [-0.15, -0.1) is 0 Å². The Morgan fingerprint density at radius 3 is 2.82 bits per heavy atom. The largest absolute Gasteiger partial charge is 0.289 e. The Labute approximate surface area is 65.4 Å². The highest BCUT2D eigenvalue weighted by atomic mass is 16.2. The number of hydrogen-bond donors (Lipinski definition) is 0. The van der Waals surface area contributed by atoms with Crippen LogP contribution < -0.4 is 0 Å². The molecule has 1 unspecified atom stereocenters. The number of ketones is 2. The van der Waals surface area contributed by atoms with Crippen LogP contribution >= 0.6 is 0 Å². The van der Waals surface area contributed by atoms with E-state index in [2.05, 4.69) is 0 Å². The zero-order valence-electron chi connectivity index (χ0n) is 6.38. The Balaban J connectivity index is 2.18. The van der Waals surface area contributed by atoms with Crippen LogP contribution in [0.25, 0.3) is 0 Å². The van der Waals surface area contributed by atoms with Gasteiger partial charge in [-0.25, -0.2) is 0 Å². The van der Waals surface area contributed by atoms with Crippen molar-refractivity contribution >= 4 is 11.6 Å². The van der Waals surface area contributed by atoms with E-state index in [1.807, 2.05) is 4.90 Å². The van der Waals surface area contributed by atoms with E-state index >= 15 is 0 Å². The van der Waals surface area contributed by atoms with Crippen LogP contribution in [-0.4, -0.2) is 35.6 Å². The third kappa shape index (κ3) is 0.997. The van der Waals surface area contributed by atoms with Gasteiger partial charge in [-0.3, -0.25) is 14.5 Å². The first kappa shape index (κ1) is 6.98. The number of carbonyl (C=O) groups excluding carboxylic acids is 2. The van der Waals surface area contributed by atoms with Crippen molar-refractivity contribution in [1.82, 2.24) is 4.90 Å². The summed E-state index contributed by atoms with van der Waals surface area (Å²) in [5.41, 5.74) is 0. The molecule has 3 nitrogen and oxygen atoms in total. The van der Waals surface area contributed by atoms with E-state index < -0.39 is 0 Å². The lowest BCUT2D eigenvalue weighted by molar-refractivity contribution is -0.134. The quantitative estimate of drug-likeness (QED) is 0.459. The van der Waals surface area contributed by atoms with Crippen molar-refractivity contribution in [3.63, 3.8) is 0 Å². The zero-order chi connectivity index (χ0) is 7.84. The molecular weight excluding hydrogens is 142 g/mol. The maximum absolute atomic E-state index is 11.1. The van der Waals surface area contributed by atoms with Gasteiger partial charge in [-0.1, -0.05) is 6.42 Å². The van der Waals surface area contributed by atoms with E-state index in [1.165, 1.54) is 0 Å². The van der Waals surface area contributed by atoms with Crippen LogP contribution in [0.15, 0.2) is 0 Å². The van der Waals surface area contributed by atoms with Gasteiger partial charge in [0.05, 0.1) is 12.6 Å². The monoisotopic (exact) mass is 153 g/mol. The minimum atomic E-state index is -0.183. The van der Waals surface area contributed by atoms with Gasteiger partial charge < -0.3 is 0 Å². The predicted molar refractivity (Wildman–Crippen MR) is 39.2 cm³/mol. The fraction of sp³-hybridized carbons (Fsp3) is 0.750. The Bertz CT molecular complexity index is 212. The molecule has 2 saturated heterocycles. The zero-order valence-corrected chi connectivity index (χ0v) is 6.38. The highest BCUT2D eigenvalue weighted by Gasteiger charge is 2.39. The van der Waals surface area contributed by atoms with E-state index in [0.29, 0.717) is 6.54 Å². The number of Topliss-reactive ketones (excluding diaryl/α,β-unsaturated/α-hetero) is 2. The van der Waals surface area contributed by atoms with E-state index in [1.54, 1.807) is 0 Å². The lowest BCUT2D eigenvalue weighted by atomic mass is 10.0. The van der Waals surface area contributed by atoms with Gasteiger partial charge in [0.15, 0.2) is 0 Å². The Hall–Kier alpha value is -0.700. The van der Waals surface area contributed by atoms with Gasteiger partial charge in [0.25, 0.3) is 0 Å².